The lowest BCUT2D eigenvalue weighted by molar-refractivity contribution is -0.138. The molecule has 2 aromatic carbocycles. The molecule has 0 amide bonds. The van der Waals surface area contributed by atoms with Gasteiger partial charge in [0.15, 0.2) is 0 Å². The van der Waals surface area contributed by atoms with E-state index in [4.69, 9.17) is 21.7 Å². The number of benzene rings is 2. The number of H-pyrrole nitrogens is 2. The minimum absolute atomic E-state index is 0.0762. The maximum absolute atomic E-state index is 12.9. The molecule has 1 atom stereocenters. The van der Waals surface area contributed by atoms with Gasteiger partial charge >= 0.3 is 5.97 Å². The number of aliphatic carboxylic acids is 1. The van der Waals surface area contributed by atoms with Gasteiger partial charge in [0.1, 0.15) is 11.4 Å². The molecule has 5 rings (SSSR count). The normalized spacial score (nSPS) is 15.6. The van der Waals surface area contributed by atoms with Crippen LogP contribution in [-0.2, 0) is 4.79 Å². The molecule has 0 saturated carbocycles. The maximum atomic E-state index is 12.9. The van der Waals surface area contributed by atoms with E-state index >= 15 is 0 Å². The maximum Gasteiger partial charge on any atom is 0.317 e. The lowest BCUT2D eigenvalue weighted by atomic mass is 9.88. The highest BCUT2D eigenvalue weighted by Crippen LogP contribution is 2.33. The fourth-order valence-corrected chi connectivity index (χ4v) is 5.39. The third kappa shape index (κ3) is 5.60. The Balaban J connectivity index is 1.39. The van der Waals surface area contributed by atoms with Crippen molar-refractivity contribution in [2.45, 2.75) is 31.8 Å². The Labute approximate surface area is 224 Å². The molecule has 38 heavy (non-hydrogen) atoms. The second-order valence-electron chi connectivity index (χ2n) is 9.81. The molecule has 0 radical (unpaired) electrons. The number of hydrogen-bond acceptors (Lipinski definition) is 6. The first-order chi connectivity index (χ1) is 18.3. The van der Waals surface area contributed by atoms with Gasteiger partial charge in [-0.25, -0.2) is 4.98 Å². The highest BCUT2D eigenvalue weighted by atomic mass is 35.5. The quantitative estimate of drug-likeness (QED) is 0.227. The van der Waals surface area contributed by atoms with E-state index in [-0.39, 0.29) is 18.6 Å². The van der Waals surface area contributed by atoms with E-state index in [1.165, 1.54) is 5.56 Å². The molecular formula is C28H30ClN5O4. The summed E-state index contributed by atoms with van der Waals surface area (Å²) >= 11 is 6.06. The zero-order valence-electron chi connectivity index (χ0n) is 21.0. The third-order valence-electron chi connectivity index (χ3n) is 7.13. The topological polar surface area (TPSA) is 134 Å². The Morgan fingerprint density at radius 1 is 1.24 bits per heavy atom. The van der Waals surface area contributed by atoms with Gasteiger partial charge in [-0.2, -0.15) is 0 Å². The Bertz CT molecular complexity index is 1520. The van der Waals surface area contributed by atoms with Crippen LogP contribution in [0.5, 0.6) is 0 Å². The highest BCUT2D eigenvalue weighted by molar-refractivity contribution is 6.30. The Kier molecular flexibility index (Phi) is 7.51. The van der Waals surface area contributed by atoms with Gasteiger partial charge in [-0.1, -0.05) is 29.8 Å². The first-order valence-electron chi connectivity index (χ1n) is 12.6. The minimum atomic E-state index is -0.816. The Morgan fingerprint density at radius 3 is 2.76 bits per heavy atom. The summed E-state index contributed by atoms with van der Waals surface area (Å²) in [5, 5.41) is 23.4. The van der Waals surface area contributed by atoms with Crippen molar-refractivity contribution in [3.63, 3.8) is 0 Å². The molecule has 10 heteroatoms. The van der Waals surface area contributed by atoms with Crippen LogP contribution in [0.15, 0.2) is 53.5 Å². The summed E-state index contributed by atoms with van der Waals surface area (Å²) in [5.74, 6) is -0.0206. The van der Waals surface area contributed by atoms with Crippen LogP contribution in [0.1, 0.15) is 41.6 Å². The van der Waals surface area contributed by atoms with E-state index in [2.05, 4.69) is 27.4 Å². The van der Waals surface area contributed by atoms with Crippen molar-refractivity contribution in [2.24, 2.45) is 0 Å². The van der Waals surface area contributed by atoms with Crippen LogP contribution in [-0.4, -0.2) is 62.2 Å². The number of rotatable bonds is 8. The third-order valence-corrected chi connectivity index (χ3v) is 7.37. The molecule has 0 bridgehead atoms. The predicted molar refractivity (Wildman–Crippen MR) is 148 cm³/mol. The smallest absolute Gasteiger partial charge is 0.317 e. The number of piperidine rings is 1. The molecule has 9 nitrogen and oxygen atoms in total. The lowest BCUT2D eigenvalue weighted by Gasteiger charge is -2.31. The Hall–Kier alpha value is -3.66. The van der Waals surface area contributed by atoms with Gasteiger partial charge in [0.05, 0.1) is 29.4 Å². The number of nitrogens with zero attached hydrogens (tertiary/aromatic N) is 2. The summed E-state index contributed by atoms with van der Waals surface area (Å²) in [7, 11) is 0. The monoisotopic (exact) mass is 535 g/mol. The number of carboxylic acid groups (broad SMARTS) is 1. The number of anilines is 1. The lowest BCUT2D eigenvalue weighted by Crippen LogP contribution is -2.36. The molecule has 5 N–H and O–H groups in total. The van der Waals surface area contributed by atoms with Crippen molar-refractivity contribution in [2.75, 3.05) is 31.5 Å². The number of aromatic nitrogens is 3. The summed E-state index contributed by atoms with van der Waals surface area (Å²) in [6, 6.07) is 13.0. The number of aryl methyl sites for hydroxylation is 1. The number of fused-ring (bicyclic) bond motifs is 1. The molecule has 1 aliphatic rings. The minimum Gasteiger partial charge on any atom is -0.480 e. The average Bonchev–Trinajstić information content (AvgIpc) is 3.31. The molecule has 2 aromatic heterocycles. The van der Waals surface area contributed by atoms with Crippen molar-refractivity contribution in [1.82, 2.24) is 19.9 Å². The number of pyridine rings is 1. The van der Waals surface area contributed by atoms with Crippen LogP contribution in [0.2, 0.25) is 5.02 Å². The van der Waals surface area contributed by atoms with E-state index in [1.807, 2.05) is 11.8 Å². The fraction of sp³-hybridized carbons (Fsp3) is 0.321. The van der Waals surface area contributed by atoms with Crippen LogP contribution in [0.3, 0.4) is 0 Å². The van der Waals surface area contributed by atoms with Gasteiger partial charge in [-0.05, 0) is 79.7 Å². The number of halogens is 1. The molecule has 4 aromatic rings. The first kappa shape index (κ1) is 26.0. The summed E-state index contributed by atoms with van der Waals surface area (Å²) in [5.41, 5.74) is 5.13. The zero-order chi connectivity index (χ0) is 26.8. The van der Waals surface area contributed by atoms with Crippen LogP contribution in [0.25, 0.3) is 22.4 Å². The highest BCUT2D eigenvalue weighted by Gasteiger charge is 2.23. The van der Waals surface area contributed by atoms with Gasteiger partial charge in [0, 0.05) is 17.8 Å². The zero-order valence-corrected chi connectivity index (χ0v) is 21.8. The van der Waals surface area contributed by atoms with Crippen molar-refractivity contribution >= 4 is 34.3 Å². The molecule has 1 fully saturated rings. The summed E-state index contributed by atoms with van der Waals surface area (Å²) in [6.07, 6.45) is 2.52. The van der Waals surface area contributed by atoms with E-state index in [0.717, 1.165) is 42.5 Å². The van der Waals surface area contributed by atoms with E-state index in [0.29, 0.717) is 33.6 Å². The first-order valence-corrected chi connectivity index (χ1v) is 13.0. The summed E-state index contributed by atoms with van der Waals surface area (Å²) in [4.78, 5) is 36.7. The van der Waals surface area contributed by atoms with Crippen LogP contribution in [0.4, 0.5) is 5.69 Å². The fourth-order valence-electron chi connectivity index (χ4n) is 5.19. The molecule has 3 heterocycles. The SMILES string of the molecule is Cc1cc(C2CCN(CC(=O)O)CC2)cc2[nH]c(-c3c(NC[C@@H](O)c4cccc(Cl)c4)cc[nH]c3=O)nc12. The number of hydrogen-bond donors (Lipinski definition) is 5. The number of aliphatic hydroxyl groups is 1. The number of carbonyl (C=O) groups is 1. The molecule has 198 valence electrons. The number of aliphatic hydroxyl groups excluding tert-OH is 1. The van der Waals surface area contributed by atoms with Crippen molar-refractivity contribution in [3.8, 4) is 11.4 Å². The van der Waals surface area contributed by atoms with E-state index in [1.54, 1.807) is 36.5 Å². The molecule has 1 saturated heterocycles. The summed E-state index contributed by atoms with van der Waals surface area (Å²) in [6.45, 7) is 3.76. The average molecular weight is 536 g/mol. The number of nitrogens with one attached hydrogen (secondary N) is 3. The van der Waals surface area contributed by atoms with Crippen molar-refractivity contribution in [1.29, 1.82) is 0 Å². The number of imidazole rings is 1. The van der Waals surface area contributed by atoms with Gasteiger partial charge in [0.2, 0.25) is 0 Å². The van der Waals surface area contributed by atoms with E-state index < -0.39 is 12.1 Å². The van der Waals surface area contributed by atoms with E-state index in [9.17, 15) is 14.7 Å². The molecule has 0 unspecified atom stereocenters. The second kappa shape index (κ2) is 11.0. The molecule has 0 spiro atoms. The van der Waals surface area contributed by atoms with Crippen LogP contribution in [0, 0.1) is 6.92 Å². The standard InChI is InChI=1S/C28H30ClN5O4/c1-16-11-19(17-6-9-34(10-7-17)15-24(36)37)13-22-26(16)33-27(32-22)25-21(5-8-30-28(25)38)31-14-23(35)18-3-2-4-20(29)12-18/h2-5,8,11-13,17,23,35H,6-7,9-10,14-15H2,1H3,(H,32,33)(H,36,37)(H2,30,31,38)/t23-/m1/s1. The van der Waals surface area contributed by atoms with Crippen LogP contribution >= 0.6 is 11.6 Å². The van der Waals surface area contributed by atoms with Gasteiger partial charge in [-0.15, -0.1) is 0 Å². The van der Waals surface area contributed by atoms with Gasteiger partial charge in [0.25, 0.3) is 5.56 Å². The van der Waals surface area contributed by atoms with Gasteiger partial charge in [-0.3, -0.25) is 14.5 Å². The number of aromatic amines is 2. The van der Waals surface area contributed by atoms with Gasteiger partial charge < -0.3 is 25.5 Å². The van der Waals surface area contributed by atoms with Crippen molar-refractivity contribution in [3.05, 3.63) is 80.7 Å². The van der Waals surface area contributed by atoms with Crippen molar-refractivity contribution < 1.29 is 15.0 Å². The second-order valence-corrected chi connectivity index (χ2v) is 10.2. The summed E-state index contributed by atoms with van der Waals surface area (Å²) < 4.78 is 0. The predicted octanol–water partition coefficient (Wildman–Crippen LogP) is 4.29. The molecular weight excluding hydrogens is 506 g/mol. The number of likely N-dealkylation sites (tertiary alicyclic amines) is 1. The van der Waals surface area contributed by atoms with Crippen LogP contribution < -0.4 is 10.9 Å². The largest absolute Gasteiger partial charge is 0.480 e. The molecule has 1 aliphatic heterocycles. The number of carboxylic acids is 1. The molecule has 0 aliphatic carbocycles. The Morgan fingerprint density at radius 2 is 2.03 bits per heavy atom.